The molecular formula is C19H27NO3S. The third-order valence-electron chi connectivity index (χ3n) is 4.26. The van der Waals surface area contributed by atoms with E-state index in [1.807, 2.05) is 24.3 Å². The van der Waals surface area contributed by atoms with Crippen LogP contribution in [0.15, 0.2) is 36.9 Å². The monoisotopic (exact) mass is 349 g/mol. The van der Waals surface area contributed by atoms with Gasteiger partial charge in [-0.3, -0.25) is 9.00 Å². The van der Waals surface area contributed by atoms with Gasteiger partial charge in [-0.05, 0) is 37.5 Å². The lowest BCUT2D eigenvalue weighted by Crippen LogP contribution is -2.27. The summed E-state index contributed by atoms with van der Waals surface area (Å²) in [5.41, 5.74) is 1.71. The summed E-state index contributed by atoms with van der Waals surface area (Å²) in [6.07, 6.45) is 6.86. The highest BCUT2D eigenvalue weighted by atomic mass is 32.2. The fourth-order valence-corrected chi connectivity index (χ4v) is 4.48. The van der Waals surface area contributed by atoms with Gasteiger partial charge >= 0.3 is 0 Å². The second kappa shape index (κ2) is 9.74. The molecule has 4 nitrogen and oxygen atoms in total. The van der Waals surface area contributed by atoms with Crippen LogP contribution in [0.1, 0.15) is 44.6 Å². The van der Waals surface area contributed by atoms with Crippen LogP contribution in [0.3, 0.4) is 0 Å². The Bertz CT molecular complexity index is 582. The molecule has 1 aliphatic rings. The van der Waals surface area contributed by atoms with Gasteiger partial charge in [0, 0.05) is 27.5 Å². The van der Waals surface area contributed by atoms with Crippen molar-refractivity contribution in [1.29, 1.82) is 0 Å². The molecule has 2 rings (SSSR count). The molecular weight excluding hydrogens is 322 g/mol. The fraction of sp³-hybridized carbons (Fsp3) is 0.526. The lowest BCUT2D eigenvalue weighted by molar-refractivity contribution is -0.125. The van der Waals surface area contributed by atoms with Gasteiger partial charge in [-0.25, -0.2) is 0 Å². The lowest BCUT2D eigenvalue weighted by atomic mass is 10.0. The smallest absolute Gasteiger partial charge is 0.253 e. The maximum atomic E-state index is 12.5. The van der Waals surface area contributed by atoms with Gasteiger partial charge in [0.05, 0.1) is 6.61 Å². The van der Waals surface area contributed by atoms with E-state index in [1.54, 1.807) is 13.0 Å². The van der Waals surface area contributed by atoms with Gasteiger partial charge < -0.3 is 10.1 Å². The predicted molar refractivity (Wildman–Crippen MR) is 99.4 cm³/mol. The van der Waals surface area contributed by atoms with Crippen LogP contribution in [-0.4, -0.2) is 28.1 Å². The number of carbonyl (C=O) groups excluding carboxylic acids is 1. The van der Waals surface area contributed by atoms with Crippen molar-refractivity contribution in [3.05, 3.63) is 42.5 Å². The number of nitrogens with one attached hydrogen (secondary N) is 1. The molecule has 0 aromatic heterocycles. The third-order valence-corrected chi connectivity index (χ3v) is 6.09. The van der Waals surface area contributed by atoms with Crippen LogP contribution in [0.5, 0.6) is 0 Å². The molecule has 0 bridgehead atoms. The first-order valence-electron chi connectivity index (χ1n) is 8.59. The average Bonchev–Trinajstić information content (AvgIpc) is 2.60. The van der Waals surface area contributed by atoms with Crippen LogP contribution >= 0.6 is 0 Å². The standard InChI is InChI=1S/C19H27NO3S/c1-3-12-23-15(2)19(21)20-17-9-7-8-16(13-17)14-24(22)18-10-5-4-6-11-18/h3,7-9,13,15,18H,1,4-6,10-12,14H2,2H3,(H,20,21)/t15-,24-/m0/s1. The molecule has 0 aliphatic heterocycles. The quantitative estimate of drug-likeness (QED) is 0.726. The number of carbonyl (C=O) groups is 1. The Labute approximate surface area is 147 Å². The topological polar surface area (TPSA) is 55.4 Å². The number of amides is 1. The molecule has 1 aromatic carbocycles. The Balaban J connectivity index is 1.91. The van der Waals surface area contributed by atoms with Crippen molar-refractivity contribution in [1.82, 2.24) is 0 Å². The number of rotatable bonds is 8. The Kier molecular flexibility index (Phi) is 7.66. The van der Waals surface area contributed by atoms with Crippen molar-refractivity contribution >= 4 is 22.4 Å². The highest BCUT2D eigenvalue weighted by molar-refractivity contribution is 7.84. The van der Waals surface area contributed by atoms with E-state index in [1.165, 1.54) is 19.3 Å². The van der Waals surface area contributed by atoms with Gasteiger partial charge in [-0.2, -0.15) is 0 Å². The minimum absolute atomic E-state index is 0.192. The second-order valence-electron chi connectivity index (χ2n) is 6.24. The SMILES string of the molecule is C=CCO[C@@H](C)C(=O)Nc1cccc(C[S@](=O)C2CCCCC2)c1. The first kappa shape index (κ1) is 18.9. The Morgan fingerprint density at radius 2 is 2.17 bits per heavy atom. The maximum Gasteiger partial charge on any atom is 0.253 e. The number of ether oxygens (including phenoxy) is 1. The summed E-state index contributed by atoms with van der Waals surface area (Å²) in [7, 11) is -0.840. The van der Waals surface area contributed by atoms with Crippen LogP contribution in [0.25, 0.3) is 0 Å². The Morgan fingerprint density at radius 3 is 2.88 bits per heavy atom. The number of anilines is 1. The Morgan fingerprint density at radius 1 is 1.42 bits per heavy atom. The van der Waals surface area contributed by atoms with Gasteiger partial charge in [0.1, 0.15) is 6.10 Å². The number of hydrogen-bond acceptors (Lipinski definition) is 3. The zero-order valence-corrected chi connectivity index (χ0v) is 15.1. The van der Waals surface area contributed by atoms with Gasteiger partial charge in [-0.1, -0.05) is 37.5 Å². The third kappa shape index (κ3) is 5.87. The number of hydrogen-bond donors (Lipinski definition) is 1. The summed E-state index contributed by atoms with van der Waals surface area (Å²) in [6, 6.07) is 7.59. The summed E-state index contributed by atoms with van der Waals surface area (Å²) in [5, 5.41) is 3.17. The summed E-state index contributed by atoms with van der Waals surface area (Å²) in [6.45, 7) is 5.62. The Hall–Kier alpha value is -1.46. The summed E-state index contributed by atoms with van der Waals surface area (Å²) in [5.74, 6) is 0.360. The van der Waals surface area contributed by atoms with E-state index in [4.69, 9.17) is 4.74 Å². The van der Waals surface area contributed by atoms with Crippen LogP contribution < -0.4 is 5.32 Å². The van der Waals surface area contributed by atoms with Gasteiger partial charge in [0.25, 0.3) is 5.91 Å². The van der Waals surface area contributed by atoms with Crippen molar-refractivity contribution in [2.45, 2.75) is 56.1 Å². The van der Waals surface area contributed by atoms with Crippen molar-refractivity contribution in [2.75, 3.05) is 11.9 Å². The summed E-state index contributed by atoms with van der Waals surface area (Å²) in [4.78, 5) is 12.1. The van der Waals surface area contributed by atoms with E-state index >= 15 is 0 Å². The van der Waals surface area contributed by atoms with Crippen molar-refractivity contribution < 1.29 is 13.7 Å². The van der Waals surface area contributed by atoms with E-state index in [0.29, 0.717) is 23.3 Å². The molecule has 24 heavy (non-hydrogen) atoms. The molecule has 1 fully saturated rings. The van der Waals surface area contributed by atoms with E-state index in [2.05, 4.69) is 11.9 Å². The average molecular weight is 349 g/mol. The first-order chi connectivity index (χ1) is 11.6. The zero-order chi connectivity index (χ0) is 17.4. The second-order valence-corrected chi connectivity index (χ2v) is 7.96. The number of benzene rings is 1. The first-order valence-corrected chi connectivity index (χ1v) is 9.98. The molecule has 0 heterocycles. The zero-order valence-electron chi connectivity index (χ0n) is 14.3. The fourth-order valence-electron chi connectivity index (χ4n) is 2.88. The van der Waals surface area contributed by atoms with Crippen LogP contribution in [-0.2, 0) is 26.1 Å². The van der Waals surface area contributed by atoms with Crippen LogP contribution in [0, 0.1) is 0 Å². The highest BCUT2D eigenvalue weighted by Crippen LogP contribution is 2.24. The summed E-state index contributed by atoms with van der Waals surface area (Å²) < 4.78 is 17.8. The summed E-state index contributed by atoms with van der Waals surface area (Å²) >= 11 is 0. The van der Waals surface area contributed by atoms with E-state index in [-0.39, 0.29) is 5.91 Å². The molecule has 0 saturated heterocycles. The molecule has 132 valence electrons. The largest absolute Gasteiger partial charge is 0.365 e. The molecule has 1 saturated carbocycles. The molecule has 1 aliphatic carbocycles. The van der Waals surface area contributed by atoms with Crippen LogP contribution in [0.4, 0.5) is 5.69 Å². The van der Waals surface area contributed by atoms with Crippen molar-refractivity contribution in [3.63, 3.8) is 0 Å². The van der Waals surface area contributed by atoms with Crippen molar-refractivity contribution in [3.8, 4) is 0 Å². The molecule has 0 unspecified atom stereocenters. The minimum atomic E-state index is -0.840. The molecule has 0 radical (unpaired) electrons. The lowest BCUT2D eigenvalue weighted by Gasteiger charge is -2.21. The normalized spacial score (nSPS) is 17.9. The van der Waals surface area contributed by atoms with E-state index in [0.717, 1.165) is 18.4 Å². The predicted octanol–water partition coefficient (Wildman–Crippen LogP) is 3.80. The van der Waals surface area contributed by atoms with Crippen LogP contribution in [0.2, 0.25) is 0 Å². The molecule has 2 atom stereocenters. The minimum Gasteiger partial charge on any atom is -0.365 e. The molecule has 0 spiro atoms. The van der Waals surface area contributed by atoms with Gasteiger partial charge in [-0.15, -0.1) is 6.58 Å². The molecule has 1 aromatic rings. The van der Waals surface area contributed by atoms with E-state index in [9.17, 15) is 9.00 Å². The molecule has 1 amide bonds. The highest BCUT2D eigenvalue weighted by Gasteiger charge is 2.20. The maximum absolute atomic E-state index is 12.5. The van der Waals surface area contributed by atoms with Crippen molar-refractivity contribution in [2.24, 2.45) is 0 Å². The van der Waals surface area contributed by atoms with Gasteiger partial charge in [0.2, 0.25) is 0 Å². The van der Waals surface area contributed by atoms with E-state index < -0.39 is 16.9 Å². The molecule has 5 heteroatoms. The molecule has 1 N–H and O–H groups in total. The van der Waals surface area contributed by atoms with Gasteiger partial charge in [0.15, 0.2) is 0 Å².